The monoisotopic (exact) mass is 454 g/mol. The first-order valence-corrected chi connectivity index (χ1v) is 9.37. The summed E-state index contributed by atoms with van der Waals surface area (Å²) in [6, 6.07) is 18.1. The van der Waals surface area contributed by atoms with Crippen LogP contribution in [-0.2, 0) is 0 Å². The summed E-state index contributed by atoms with van der Waals surface area (Å²) in [4.78, 5) is 0. The van der Waals surface area contributed by atoms with Crippen LogP contribution in [0.1, 0.15) is 0 Å². The molecule has 0 aliphatic heterocycles. The highest BCUT2D eigenvalue weighted by Gasteiger charge is 3.03. The Hall–Kier alpha value is -3.36. The van der Waals surface area contributed by atoms with Gasteiger partial charge in [-0.05, 0) is 47.5 Å². The normalized spacial score (nSPS) is 25.5. The number of alkyl halides is 6. The van der Waals surface area contributed by atoms with Crippen molar-refractivity contribution in [1.29, 1.82) is 0 Å². The Morgan fingerprint density at radius 2 is 0.875 bits per heavy atom. The fourth-order valence-electron chi connectivity index (χ4n) is 3.32. The summed E-state index contributed by atoms with van der Waals surface area (Å²) >= 11 is 0. The van der Waals surface area contributed by atoms with Crippen LogP contribution in [0.15, 0.2) is 78.9 Å². The second kappa shape index (κ2) is 7.36. The van der Waals surface area contributed by atoms with E-state index in [1.54, 1.807) is 30.3 Å². The van der Waals surface area contributed by atoms with Gasteiger partial charge in [0.15, 0.2) is 0 Å². The van der Waals surface area contributed by atoms with Crippen molar-refractivity contribution in [1.82, 2.24) is 0 Å². The molecule has 1 aliphatic carbocycles. The van der Waals surface area contributed by atoms with Gasteiger partial charge in [0.05, 0.1) is 7.11 Å². The first-order chi connectivity index (χ1) is 15.1. The molecule has 0 bridgehead atoms. The number of hydrogen-bond donors (Lipinski definition) is 0. The Labute approximate surface area is 179 Å². The number of benzene rings is 3. The Kier molecular flexibility index (Phi) is 5.02. The van der Waals surface area contributed by atoms with E-state index in [2.05, 4.69) is 9.47 Å². The van der Waals surface area contributed by atoms with Crippen molar-refractivity contribution in [2.24, 2.45) is 0 Å². The highest BCUT2D eigenvalue weighted by Crippen LogP contribution is 2.68. The van der Waals surface area contributed by atoms with Gasteiger partial charge in [-0.1, -0.05) is 42.5 Å². The minimum Gasteiger partial charge on any atom is -0.497 e. The zero-order valence-electron chi connectivity index (χ0n) is 16.5. The molecular weight excluding hydrogens is 438 g/mol. The van der Waals surface area contributed by atoms with Crippen LogP contribution in [0.3, 0.4) is 0 Å². The largest absolute Gasteiger partial charge is 0.497 e. The van der Waals surface area contributed by atoms with Crippen LogP contribution in [-0.4, -0.2) is 30.7 Å². The van der Waals surface area contributed by atoms with E-state index in [9.17, 15) is 17.6 Å². The third-order valence-corrected chi connectivity index (χ3v) is 5.15. The van der Waals surface area contributed by atoms with Crippen molar-refractivity contribution < 1.29 is 40.6 Å². The fraction of sp³-hybridized carbons (Fsp3) is 0.217. The summed E-state index contributed by atoms with van der Waals surface area (Å²) in [6.45, 7) is 0. The molecule has 0 N–H and O–H groups in total. The Morgan fingerprint density at radius 1 is 0.500 bits per heavy atom. The van der Waals surface area contributed by atoms with Crippen LogP contribution in [0.25, 0.3) is 11.1 Å². The number of rotatable bonds is 6. The second-order valence-corrected chi connectivity index (χ2v) is 7.11. The van der Waals surface area contributed by atoms with Gasteiger partial charge in [-0.2, -0.15) is 26.3 Å². The zero-order chi connectivity index (χ0) is 23.2. The van der Waals surface area contributed by atoms with Gasteiger partial charge in [-0.3, -0.25) is 0 Å². The first kappa shape index (κ1) is 21.9. The van der Waals surface area contributed by atoms with Gasteiger partial charge in [0.1, 0.15) is 17.2 Å². The molecule has 3 aromatic rings. The minimum absolute atomic E-state index is 0.261. The van der Waals surface area contributed by atoms with Gasteiger partial charge in [0.25, 0.3) is 0 Å². The molecular formula is C23H16F6O3. The van der Waals surface area contributed by atoms with E-state index in [1.165, 1.54) is 31.4 Å². The summed E-state index contributed by atoms with van der Waals surface area (Å²) in [6.07, 6.45) is 0. The van der Waals surface area contributed by atoms with Crippen LogP contribution >= 0.6 is 0 Å². The highest BCUT2D eigenvalue weighted by atomic mass is 19.3. The van der Waals surface area contributed by atoms with Crippen molar-refractivity contribution in [3.63, 3.8) is 0 Å². The molecule has 1 aliphatic rings. The Balaban J connectivity index is 1.63. The summed E-state index contributed by atoms with van der Waals surface area (Å²) in [7, 11) is 1.32. The predicted octanol–water partition coefficient (Wildman–Crippen LogP) is 6.44. The van der Waals surface area contributed by atoms with Gasteiger partial charge in [-0.25, -0.2) is 0 Å². The summed E-state index contributed by atoms with van der Waals surface area (Å²) in [5.41, 5.74) is 1.38. The molecule has 0 radical (unpaired) electrons. The standard InChI is InChI=1S/C23H16F6O3/c1-30-17-11-13-19(14-12-17)32-23(29)21(26,27)20(24,25)22(23,28)31-18-9-7-16(8-10-18)15-5-3-2-4-6-15/h2-14H,1H3. The van der Waals surface area contributed by atoms with Crippen LogP contribution in [0.2, 0.25) is 0 Å². The topological polar surface area (TPSA) is 27.7 Å². The van der Waals surface area contributed by atoms with E-state index in [0.29, 0.717) is 5.56 Å². The van der Waals surface area contributed by atoms with Crippen molar-refractivity contribution in [2.75, 3.05) is 7.11 Å². The maximum atomic E-state index is 15.2. The summed E-state index contributed by atoms with van der Waals surface area (Å²) in [5, 5.41) is 0. The van der Waals surface area contributed by atoms with E-state index >= 15 is 8.78 Å². The maximum Gasteiger partial charge on any atom is 0.395 e. The molecule has 1 saturated carbocycles. The Morgan fingerprint density at radius 3 is 1.31 bits per heavy atom. The molecule has 0 heterocycles. The lowest BCUT2D eigenvalue weighted by molar-refractivity contribution is -0.527. The number of ether oxygens (including phenoxy) is 3. The van der Waals surface area contributed by atoms with Gasteiger partial charge >= 0.3 is 23.6 Å². The van der Waals surface area contributed by atoms with Crippen LogP contribution in [0, 0.1) is 0 Å². The van der Waals surface area contributed by atoms with Gasteiger partial charge < -0.3 is 14.2 Å². The molecule has 3 aromatic carbocycles. The molecule has 2 atom stereocenters. The molecule has 9 heteroatoms. The fourth-order valence-corrected chi connectivity index (χ4v) is 3.32. The lowest BCUT2D eigenvalue weighted by atomic mass is 9.76. The summed E-state index contributed by atoms with van der Waals surface area (Å²) < 4.78 is 101. The molecule has 1 fully saturated rings. The smallest absolute Gasteiger partial charge is 0.395 e. The maximum absolute atomic E-state index is 15.2. The van der Waals surface area contributed by atoms with E-state index in [0.717, 1.165) is 29.8 Å². The number of methoxy groups -OCH3 is 1. The third-order valence-electron chi connectivity index (χ3n) is 5.15. The predicted molar refractivity (Wildman–Crippen MR) is 104 cm³/mol. The highest BCUT2D eigenvalue weighted by molar-refractivity contribution is 5.64. The quantitative estimate of drug-likeness (QED) is 0.402. The summed E-state index contributed by atoms with van der Waals surface area (Å²) in [5.74, 6) is -21.5. The number of halogens is 6. The van der Waals surface area contributed by atoms with Gasteiger partial charge in [-0.15, -0.1) is 0 Å². The molecule has 0 aromatic heterocycles. The molecule has 3 nitrogen and oxygen atoms in total. The van der Waals surface area contributed by atoms with Crippen molar-refractivity contribution in [3.8, 4) is 28.4 Å². The molecule has 0 saturated heterocycles. The van der Waals surface area contributed by atoms with Gasteiger partial charge in [0.2, 0.25) is 0 Å². The molecule has 168 valence electrons. The molecule has 4 rings (SSSR count). The van der Waals surface area contributed by atoms with Gasteiger partial charge in [0, 0.05) is 0 Å². The van der Waals surface area contributed by atoms with E-state index in [4.69, 9.17) is 4.74 Å². The van der Waals surface area contributed by atoms with Crippen molar-refractivity contribution in [3.05, 3.63) is 78.9 Å². The van der Waals surface area contributed by atoms with Crippen LogP contribution < -0.4 is 14.2 Å². The van der Waals surface area contributed by atoms with Crippen molar-refractivity contribution in [2.45, 2.75) is 23.6 Å². The lowest BCUT2D eigenvalue weighted by Gasteiger charge is -2.55. The molecule has 0 amide bonds. The average molecular weight is 454 g/mol. The van der Waals surface area contributed by atoms with Crippen LogP contribution in [0.5, 0.6) is 17.2 Å². The molecule has 2 unspecified atom stereocenters. The third kappa shape index (κ3) is 2.98. The molecule has 0 spiro atoms. The van der Waals surface area contributed by atoms with E-state index in [1.807, 2.05) is 0 Å². The average Bonchev–Trinajstić information content (AvgIpc) is 2.79. The van der Waals surface area contributed by atoms with E-state index in [-0.39, 0.29) is 5.75 Å². The number of hydrogen-bond acceptors (Lipinski definition) is 3. The Bertz CT molecular complexity index is 1090. The SMILES string of the molecule is COc1ccc(OC2(F)C(F)(F)C(F)(F)C2(F)Oc2ccc(-c3ccccc3)cc2)cc1. The minimum atomic E-state index is -5.50. The van der Waals surface area contributed by atoms with E-state index < -0.39 is 35.1 Å². The van der Waals surface area contributed by atoms with Crippen LogP contribution in [0.4, 0.5) is 26.3 Å². The molecule has 32 heavy (non-hydrogen) atoms. The lowest BCUT2D eigenvalue weighted by Crippen LogP contribution is -2.89. The second-order valence-electron chi connectivity index (χ2n) is 7.11. The zero-order valence-corrected chi connectivity index (χ0v) is 16.5. The van der Waals surface area contributed by atoms with Crippen molar-refractivity contribution >= 4 is 0 Å². The first-order valence-electron chi connectivity index (χ1n) is 9.37.